The van der Waals surface area contributed by atoms with Gasteiger partial charge in [-0.05, 0) is 49.0 Å². The van der Waals surface area contributed by atoms with Crippen LogP contribution in [0.2, 0.25) is 0 Å². The number of aromatic carboxylic acids is 1. The van der Waals surface area contributed by atoms with Gasteiger partial charge in [0, 0.05) is 12.1 Å². The van der Waals surface area contributed by atoms with Crippen molar-refractivity contribution in [3.8, 4) is 11.5 Å². The van der Waals surface area contributed by atoms with Crippen molar-refractivity contribution in [3.63, 3.8) is 0 Å². The molecular weight excluding hydrogens is 392 g/mol. The highest BCUT2D eigenvalue weighted by Crippen LogP contribution is 2.38. The minimum atomic E-state index is -1.03. The summed E-state index contributed by atoms with van der Waals surface area (Å²) in [6.45, 7) is 2.30. The number of hydrogen-bond acceptors (Lipinski definition) is 6. The Kier molecular flexibility index (Phi) is 6.23. The first-order valence-corrected chi connectivity index (χ1v) is 9.64. The SMILES string of the molecule is CCN1C(=O)/C(=C/c2cccc(OC)c2OC)SC1=Nc1cccc(C(=O)O)c1. The number of para-hydroxylation sites is 1. The van der Waals surface area contributed by atoms with Crippen LogP contribution in [0.3, 0.4) is 0 Å². The van der Waals surface area contributed by atoms with E-state index < -0.39 is 5.97 Å². The van der Waals surface area contributed by atoms with Crippen molar-refractivity contribution in [1.29, 1.82) is 0 Å². The summed E-state index contributed by atoms with van der Waals surface area (Å²) < 4.78 is 10.7. The van der Waals surface area contributed by atoms with E-state index in [1.165, 1.54) is 23.9 Å². The molecule has 0 atom stereocenters. The third-order valence-electron chi connectivity index (χ3n) is 4.24. The van der Waals surface area contributed by atoms with Gasteiger partial charge in [-0.1, -0.05) is 18.2 Å². The number of carboxylic acids is 1. The molecule has 0 aromatic heterocycles. The molecule has 3 rings (SSSR count). The van der Waals surface area contributed by atoms with E-state index in [1.54, 1.807) is 43.4 Å². The molecule has 0 radical (unpaired) electrons. The average molecular weight is 412 g/mol. The highest BCUT2D eigenvalue weighted by atomic mass is 32.2. The fourth-order valence-corrected chi connectivity index (χ4v) is 3.91. The molecule has 0 unspecified atom stereocenters. The molecule has 1 saturated heterocycles. The summed E-state index contributed by atoms with van der Waals surface area (Å²) >= 11 is 1.23. The predicted octanol–water partition coefficient (Wildman–Crippen LogP) is 4.03. The van der Waals surface area contributed by atoms with Crippen molar-refractivity contribution in [3.05, 3.63) is 58.5 Å². The van der Waals surface area contributed by atoms with Crippen LogP contribution in [-0.2, 0) is 4.79 Å². The summed E-state index contributed by atoms with van der Waals surface area (Å²) in [5.74, 6) is -0.0849. The number of rotatable bonds is 6. The number of nitrogens with zero attached hydrogens (tertiary/aromatic N) is 2. The van der Waals surface area contributed by atoms with Crippen molar-refractivity contribution < 1.29 is 24.2 Å². The first kappa shape index (κ1) is 20.5. The number of methoxy groups -OCH3 is 2. The van der Waals surface area contributed by atoms with E-state index in [9.17, 15) is 9.59 Å². The van der Waals surface area contributed by atoms with E-state index >= 15 is 0 Å². The molecule has 1 N–H and O–H groups in total. The highest BCUT2D eigenvalue weighted by Gasteiger charge is 2.32. The number of aliphatic imine (C=N–C) groups is 1. The quantitative estimate of drug-likeness (QED) is 0.721. The summed E-state index contributed by atoms with van der Waals surface area (Å²) in [6, 6.07) is 11.7. The Morgan fingerprint density at radius 2 is 1.97 bits per heavy atom. The number of carbonyl (C=O) groups excluding carboxylic acids is 1. The summed E-state index contributed by atoms with van der Waals surface area (Å²) in [7, 11) is 3.10. The fourth-order valence-electron chi connectivity index (χ4n) is 2.86. The third kappa shape index (κ3) is 4.27. The summed E-state index contributed by atoms with van der Waals surface area (Å²) in [5, 5.41) is 9.65. The molecule has 29 heavy (non-hydrogen) atoms. The van der Waals surface area contributed by atoms with Gasteiger partial charge in [-0.15, -0.1) is 0 Å². The smallest absolute Gasteiger partial charge is 0.335 e. The van der Waals surface area contributed by atoms with Crippen LogP contribution in [0.5, 0.6) is 11.5 Å². The number of amides is 1. The van der Waals surface area contributed by atoms with Crippen molar-refractivity contribution in [2.75, 3.05) is 20.8 Å². The minimum absolute atomic E-state index is 0.140. The predicted molar refractivity (Wildman–Crippen MR) is 113 cm³/mol. The molecule has 2 aromatic carbocycles. The van der Waals surface area contributed by atoms with Gasteiger partial charge >= 0.3 is 5.97 Å². The molecule has 0 saturated carbocycles. The Morgan fingerprint density at radius 1 is 1.21 bits per heavy atom. The monoisotopic (exact) mass is 412 g/mol. The van der Waals surface area contributed by atoms with E-state index in [1.807, 2.05) is 19.1 Å². The van der Waals surface area contributed by atoms with Gasteiger partial charge in [0.25, 0.3) is 5.91 Å². The molecule has 0 spiro atoms. The Hall–Kier alpha value is -3.26. The minimum Gasteiger partial charge on any atom is -0.493 e. The standard InChI is InChI=1S/C21H20N2O5S/c1-4-23-19(24)17(12-13-7-6-10-16(27-2)18(13)28-3)29-21(23)22-15-9-5-8-14(11-15)20(25)26/h5-12H,4H2,1-3H3,(H,25,26)/b17-12-,22-21?. The first-order valence-electron chi connectivity index (χ1n) is 8.83. The summed E-state index contributed by atoms with van der Waals surface area (Å²) in [4.78, 5) is 30.6. The fraction of sp³-hybridized carbons (Fsp3) is 0.190. The van der Waals surface area contributed by atoms with Gasteiger partial charge in [-0.3, -0.25) is 9.69 Å². The topological polar surface area (TPSA) is 88.4 Å². The molecule has 8 heteroatoms. The van der Waals surface area contributed by atoms with Crippen LogP contribution in [0, 0.1) is 0 Å². The van der Waals surface area contributed by atoms with Crippen molar-refractivity contribution >= 4 is 40.6 Å². The maximum absolute atomic E-state index is 12.9. The number of ether oxygens (including phenoxy) is 2. The number of likely N-dealkylation sites (N-methyl/N-ethyl adjacent to an activating group) is 1. The second-order valence-corrected chi connectivity index (χ2v) is 7.00. The van der Waals surface area contributed by atoms with Crippen LogP contribution >= 0.6 is 11.8 Å². The van der Waals surface area contributed by atoms with E-state index in [4.69, 9.17) is 14.6 Å². The molecule has 7 nitrogen and oxygen atoms in total. The second kappa shape index (κ2) is 8.83. The normalized spacial score (nSPS) is 16.5. The van der Waals surface area contributed by atoms with Gasteiger partial charge in [0.15, 0.2) is 16.7 Å². The zero-order chi connectivity index (χ0) is 21.0. The van der Waals surface area contributed by atoms with Crippen LogP contribution in [0.15, 0.2) is 52.4 Å². The number of amidine groups is 1. The van der Waals surface area contributed by atoms with Gasteiger partial charge in [0.05, 0.1) is 30.4 Å². The molecule has 1 fully saturated rings. The maximum atomic E-state index is 12.9. The van der Waals surface area contributed by atoms with Crippen LogP contribution in [-0.4, -0.2) is 47.8 Å². The van der Waals surface area contributed by atoms with E-state index in [0.29, 0.717) is 39.4 Å². The highest BCUT2D eigenvalue weighted by molar-refractivity contribution is 8.18. The molecule has 1 heterocycles. The summed E-state index contributed by atoms with van der Waals surface area (Å²) in [6.07, 6.45) is 1.74. The Bertz CT molecular complexity index is 1020. The van der Waals surface area contributed by atoms with Crippen LogP contribution in [0.1, 0.15) is 22.8 Å². The molecule has 1 aliphatic rings. The summed E-state index contributed by atoms with van der Waals surface area (Å²) in [5.41, 5.74) is 1.33. The largest absolute Gasteiger partial charge is 0.493 e. The molecule has 0 aliphatic carbocycles. The number of hydrogen-bond donors (Lipinski definition) is 1. The first-order chi connectivity index (χ1) is 14.0. The van der Waals surface area contributed by atoms with Crippen LogP contribution in [0.25, 0.3) is 6.08 Å². The third-order valence-corrected chi connectivity index (χ3v) is 5.25. The Morgan fingerprint density at radius 3 is 2.62 bits per heavy atom. The van der Waals surface area contributed by atoms with Gasteiger partial charge in [-0.25, -0.2) is 9.79 Å². The van der Waals surface area contributed by atoms with Gasteiger partial charge in [-0.2, -0.15) is 0 Å². The molecule has 1 aliphatic heterocycles. The van der Waals surface area contributed by atoms with Crippen LogP contribution < -0.4 is 9.47 Å². The Labute approximate surface area is 172 Å². The molecule has 0 bridgehead atoms. The van der Waals surface area contributed by atoms with Crippen molar-refractivity contribution in [2.45, 2.75) is 6.92 Å². The molecular formula is C21H20N2O5S. The maximum Gasteiger partial charge on any atom is 0.335 e. The van der Waals surface area contributed by atoms with Gasteiger partial charge in [0.2, 0.25) is 0 Å². The average Bonchev–Trinajstić information content (AvgIpc) is 3.01. The van der Waals surface area contributed by atoms with Crippen molar-refractivity contribution in [1.82, 2.24) is 4.90 Å². The zero-order valence-electron chi connectivity index (χ0n) is 16.2. The van der Waals surface area contributed by atoms with E-state index in [2.05, 4.69) is 4.99 Å². The lowest BCUT2D eigenvalue weighted by atomic mass is 10.1. The number of carboxylic acid groups (broad SMARTS) is 1. The Balaban J connectivity index is 1.99. The van der Waals surface area contributed by atoms with E-state index in [0.717, 1.165) is 0 Å². The van der Waals surface area contributed by atoms with Gasteiger partial charge < -0.3 is 14.6 Å². The zero-order valence-corrected chi connectivity index (χ0v) is 17.0. The molecule has 2 aromatic rings. The van der Waals surface area contributed by atoms with Gasteiger partial charge in [0.1, 0.15) is 0 Å². The molecule has 1 amide bonds. The number of carbonyl (C=O) groups is 2. The lowest BCUT2D eigenvalue weighted by molar-refractivity contribution is -0.122. The lowest BCUT2D eigenvalue weighted by Gasteiger charge is -2.12. The lowest BCUT2D eigenvalue weighted by Crippen LogP contribution is -2.28. The van der Waals surface area contributed by atoms with Crippen LogP contribution in [0.4, 0.5) is 5.69 Å². The van der Waals surface area contributed by atoms with E-state index in [-0.39, 0.29) is 11.5 Å². The molecule has 150 valence electrons. The number of benzene rings is 2. The second-order valence-electron chi connectivity index (χ2n) is 5.99. The van der Waals surface area contributed by atoms with Crippen molar-refractivity contribution in [2.24, 2.45) is 4.99 Å². The number of thioether (sulfide) groups is 1.